The minimum absolute atomic E-state index is 0.327. The maximum Gasteiger partial charge on any atom is 0.153 e. The molecule has 0 bridgehead atoms. The van der Waals surface area contributed by atoms with Gasteiger partial charge >= 0.3 is 0 Å². The highest BCUT2D eigenvalue weighted by atomic mass is 16.5. The third-order valence-electron chi connectivity index (χ3n) is 2.28. The number of aldehydes is 1. The molecule has 0 saturated heterocycles. The van der Waals surface area contributed by atoms with Crippen molar-refractivity contribution in [3.05, 3.63) is 29.3 Å². The Hall–Kier alpha value is -1.35. The molecule has 3 nitrogen and oxygen atoms in total. The first-order chi connectivity index (χ1) is 7.04. The zero-order chi connectivity index (χ0) is 11.4. The molecule has 2 atom stereocenters. The van der Waals surface area contributed by atoms with Gasteiger partial charge in [-0.05, 0) is 32.9 Å². The van der Waals surface area contributed by atoms with Crippen molar-refractivity contribution in [2.75, 3.05) is 0 Å². The van der Waals surface area contributed by atoms with Gasteiger partial charge in [-0.1, -0.05) is 11.6 Å². The molecule has 15 heavy (non-hydrogen) atoms. The van der Waals surface area contributed by atoms with E-state index in [4.69, 9.17) is 4.74 Å². The number of hydrogen-bond acceptors (Lipinski definition) is 3. The first-order valence-corrected chi connectivity index (χ1v) is 4.95. The summed E-state index contributed by atoms with van der Waals surface area (Å²) >= 11 is 0. The number of aryl methyl sites for hydroxylation is 1. The van der Waals surface area contributed by atoms with Gasteiger partial charge in [-0.2, -0.15) is 0 Å². The first-order valence-electron chi connectivity index (χ1n) is 4.95. The fourth-order valence-corrected chi connectivity index (χ4v) is 1.17. The fourth-order valence-electron chi connectivity index (χ4n) is 1.17. The van der Waals surface area contributed by atoms with Gasteiger partial charge in [0.05, 0.1) is 11.7 Å². The summed E-state index contributed by atoms with van der Waals surface area (Å²) in [6, 6.07) is 5.38. The lowest BCUT2D eigenvalue weighted by molar-refractivity contribution is 0.0597. The van der Waals surface area contributed by atoms with Crippen LogP contribution in [0, 0.1) is 6.92 Å². The van der Waals surface area contributed by atoms with Crippen LogP contribution in [-0.2, 0) is 0 Å². The molecule has 1 aromatic carbocycles. The summed E-state index contributed by atoms with van der Waals surface area (Å²) in [7, 11) is 0. The van der Waals surface area contributed by atoms with E-state index in [1.54, 1.807) is 26.0 Å². The Morgan fingerprint density at radius 1 is 1.40 bits per heavy atom. The van der Waals surface area contributed by atoms with Gasteiger partial charge in [0.25, 0.3) is 0 Å². The largest absolute Gasteiger partial charge is 0.487 e. The summed E-state index contributed by atoms with van der Waals surface area (Å²) in [5.41, 5.74) is 1.52. The summed E-state index contributed by atoms with van der Waals surface area (Å²) in [4.78, 5) is 10.8. The minimum Gasteiger partial charge on any atom is -0.487 e. The van der Waals surface area contributed by atoms with Crippen LogP contribution in [0.15, 0.2) is 18.2 Å². The second kappa shape index (κ2) is 4.94. The third kappa shape index (κ3) is 3.06. The number of carbonyl (C=O) groups is 1. The van der Waals surface area contributed by atoms with Gasteiger partial charge in [-0.3, -0.25) is 4.79 Å². The Labute approximate surface area is 89.7 Å². The smallest absolute Gasteiger partial charge is 0.153 e. The molecular formula is C12H16O3. The van der Waals surface area contributed by atoms with Crippen LogP contribution in [0.4, 0.5) is 0 Å². The van der Waals surface area contributed by atoms with Crippen LogP contribution < -0.4 is 4.74 Å². The average Bonchev–Trinajstić information content (AvgIpc) is 2.20. The molecule has 1 rings (SSSR count). The van der Waals surface area contributed by atoms with Crippen LogP contribution in [0.1, 0.15) is 29.8 Å². The molecule has 0 saturated carbocycles. The second-order valence-corrected chi connectivity index (χ2v) is 3.72. The normalized spacial score (nSPS) is 14.4. The third-order valence-corrected chi connectivity index (χ3v) is 2.28. The Kier molecular flexibility index (Phi) is 3.86. The number of benzene rings is 1. The summed E-state index contributed by atoms with van der Waals surface area (Å²) in [5.74, 6) is 0.518. The van der Waals surface area contributed by atoms with E-state index < -0.39 is 6.10 Å². The second-order valence-electron chi connectivity index (χ2n) is 3.72. The maximum absolute atomic E-state index is 10.8. The molecule has 0 radical (unpaired) electrons. The van der Waals surface area contributed by atoms with Gasteiger partial charge in [-0.15, -0.1) is 0 Å². The van der Waals surface area contributed by atoms with Crippen LogP contribution >= 0.6 is 0 Å². The SMILES string of the molecule is Cc1ccc(OC(C)C(C)O)c(C=O)c1. The molecule has 0 fully saturated rings. The standard InChI is InChI=1S/C12H16O3/c1-8-4-5-12(11(6-8)7-13)15-10(3)9(2)14/h4-7,9-10,14H,1-3H3. The minimum atomic E-state index is -0.564. The van der Waals surface area contributed by atoms with E-state index >= 15 is 0 Å². The van der Waals surface area contributed by atoms with Crippen LogP contribution in [0.25, 0.3) is 0 Å². The molecule has 0 spiro atoms. The van der Waals surface area contributed by atoms with Crippen molar-refractivity contribution in [1.82, 2.24) is 0 Å². The van der Waals surface area contributed by atoms with Gasteiger partial charge in [-0.25, -0.2) is 0 Å². The van der Waals surface area contributed by atoms with Crippen LogP contribution in [0.3, 0.4) is 0 Å². The Bertz CT molecular complexity index is 345. The van der Waals surface area contributed by atoms with Crippen molar-refractivity contribution in [2.45, 2.75) is 33.0 Å². The van der Waals surface area contributed by atoms with Gasteiger partial charge < -0.3 is 9.84 Å². The summed E-state index contributed by atoms with van der Waals surface area (Å²) in [6.45, 7) is 5.33. The van der Waals surface area contributed by atoms with Gasteiger partial charge in [0, 0.05) is 0 Å². The summed E-state index contributed by atoms with van der Waals surface area (Å²) in [6.07, 6.45) is -0.130. The average molecular weight is 208 g/mol. The molecule has 2 unspecified atom stereocenters. The van der Waals surface area contributed by atoms with Crippen LogP contribution in [0.2, 0.25) is 0 Å². The molecule has 0 aliphatic carbocycles. The van der Waals surface area contributed by atoms with E-state index in [2.05, 4.69) is 0 Å². The van der Waals surface area contributed by atoms with Crippen molar-refractivity contribution in [3.63, 3.8) is 0 Å². The predicted octanol–water partition coefficient (Wildman–Crippen LogP) is 1.96. The zero-order valence-electron chi connectivity index (χ0n) is 9.23. The summed E-state index contributed by atoms with van der Waals surface area (Å²) in [5, 5.41) is 9.29. The topological polar surface area (TPSA) is 46.5 Å². The van der Waals surface area contributed by atoms with Crippen molar-refractivity contribution < 1.29 is 14.6 Å². The van der Waals surface area contributed by atoms with E-state index in [9.17, 15) is 9.90 Å². The van der Waals surface area contributed by atoms with Crippen molar-refractivity contribution >= 4 is 6.29 Å². The molecule has 0 amide bonds. The predicted molar refractivity (Wildman–Crippen MR) is 58.3 cm³/mol. The molecule has 82 valence electrons. The molecule has 3 heteroatoms. The van der Waals surface area contributed by atoms with Gasteiger partial charge in [0.1, 0.15) is 11.9 Å². The van der Waals surface area contributed by atoms with Crippen molar-refractivity contribution in [1.29, 1.82) is 0 Å². The van der Waals surface area contributed by atoms with Crippen LogP contribution in [0.5, 0.6) is 5.75 Å². The molecule has 1 N–H and O–H groups in total. The molecular weight excluding hydrogens is 192 g/mol. The molecule has 0 heterocycles. The van der Waals surface area contributed by atoms with Crippen molar-refractivity contribution in [2.24, 2.45) is 0 Å². The van der Waals surface area contributed by atoms with Gasteiger partial charge in [0.15, 0.2) is 6.29 Å². The number of aliphatic hydroxyl groups is 1. The number of carbonyl (C=O) groups excluding carboxylic acids is 1. The van der Waals surface area contributed by atoms with Gasteiger partial charge in [0.2, 0.25) is 0 Å². The molecule has 1 aromatic rings. The van der Waals surface area contributed by atoms with E-state index in [1.807, 2.05) is 13.0 Å². The first kappa shape index (κ1) is 11.7. The van der Waals surface area contributed by atoms with E-state index in [0.717, 1.165) is 11.8 Å². The number of ether oxygens (including phenoxy) is 1. The molecule has 0 aliphatic heterocycles. The monoisotopic (exact) mass is 208 g/mol. The lowest BCUT2D eigenvalue weighted by atomic mass is 10.1. The lowest BCUT2D eigenvalue weighted by Gasteiger charge is -2.18. The highest BCUT2D eigenvalue weighted by Crippen LogP contribution is 2.20. The number of hydrogen-bond donors (Lipinski definition) is 1. The quantitative estimate of drug-likeness (QED) is 0.769. The van der Waals surface area contributed by atoms with E-state index in [1.165, 1.54) is 0 Å². The number of rotatable bonds is 4. The fraction of sp³-hybridized carbons (Fsp3) is 0.417. The Morgan fingerprint density at radius 2 is 2.07 bits per heavy atom. The molecule has 0 aromatic heterocycles. The highest BCUT2D eigenvalue weighted by Gasteiger charge is 2.12. The lowest BCUT2D eigenvalue weighted by Crippen LogP contribution is -2.26. The van der Waals surface area contributed by atoms with E-state index in [0.29, 0.717) is 11.3 Å². The molecule has 0 aliphatic rings. The zero-order valence-corrected chi connectivity index (χ0v) is 9.23. The van der Waals surface area contributed by atoms with E-state index in [-0.39, 0.29) is 6.10 Å². The Balaban J connectivity index is 2.89. The summed E-state index contributed by atoms with van der Waals surface area (Å²) < 4.78 is 5.47. The van der Waals surface area contributed by atoms with Crippen molar-refractivity contribution in [3.8, 4) is 5.75 Å². The highest BCUT2D eigenvalue weighted by molar-refractivity contribution is 5.79. The maximum atomic E-state index is 10.8. The van der Waals surface area contributed by atoms with Crippen LogP contribution in [-0.4, -0.2) is 23.6 Å². The number of aliphatic hydroxyl groups excluding tert-OH is 1. The Morgan fingerprint density at radius 3 is 2.60 bits per heavy atom.